The minimum atomic E-state index is -0.267. The van der Waals surface area contributed by atoms with Crippen molar-refractivity contribution in [2.24, 2.45) is 0 Å². The van der Waals surface area contributed by atoms with Crippen LogP contribution in [0.4, 0.5) is 11.5 Å². The molecule has 0 N–H and O–H groups in total. The second-order valence-electron chi connectivity index (χ2n) is 8.26. The van der Waals surface area contributed by atoms with E-state index in [4.69, 9.17) is 19.7 Å². The Morgan fingerprint density at radius 3 is 2.56 bits per heavy atom. The number of nitrogens with zero attached hydrogens (tertiary/aromatic N) is 7. The first-order chi connectivity index (χ1) is 16.6. The van der Waals surface area contributed by atoms with E-state index in [9.17, 15) is 4.79 Å². The van der Waals surface area contributed by atoms with Crippen LogP contribution in [0, 0.1) is 6.92 Å². The standard InChI is InChI=1S/C25H27N7O2/c1-4-32-22(18-8-10-26-11-9-18)27-20-23(31-12-14-34-15-13-31)28-21(29-24(20)32)25(33)30(3)19-7-5-6-17(2)16-19/h5-11,16H,4,12-15H2,1-3H3. The van der Waals surface area contributed by atoms with Crippen molar-refractivity contribution < 1.29 is 9.53 Å². The molecule has 0 aliphatic carbocycles. The number of anilines is 2. The lowest BCUT2D eigenvalue weighted by Gasteiger charge is -2.28. The van der Waals surface area contributed by atoms with Gasteiger partial charge in [0, 0.05) is 50.3 Å². The SMILES string of the molecule is CCn1c(-c2ccncc2)nc2c(N3CCOCC3)nc(C(=O)N(C)c3cccc(C)c3)nc21. The minimum absolute atomic E-state index is 0.147. The highest BCUT2D eigenvalue weighted by Crippen LogP contribution is 2.30. The summed E-state index contributed by atoms with van der Waals surface area (Å²) < 4.78 is 7.57. The Labute approximate surface area is 198 Å². The van der Waals surface area contributed by atoms with Gasteiger partial charge in [0.15, 0.2) is 17.0 Å². The summed E-state index contributed by atoms with van der Waals surface area (Å²) in [6.45, 7) is 7.25. The van der Waals surface area contributed by atoms with E-state index in [-0.39, 0.29) is 11.7 Å². The molecule has 5 rings (SSSR count). The normalized spacial score (nSPS) is 13.9. The van der Waals surface area contributed by atoms with E-state index in [0.717, 1.165) is 22.6 Å². The summed E-state index contributed by atoms with van der Waals surface area (Å²) in [5.41, 5.74) is 4.14. The Balaban J connectivity index is 1.67. The maximum atomic E-state index is 13.5. The summed E-state index contributed by atoms with van der Waals surface area (Å²) in [7, 11) is 1.75. The number of pyridine rings is 1. The molecule has 1 saturated heterocycles. The maximum Gasteiger partial charge on any atom is 0.295 e. The van der Waals surface area contributed by atoms with Crippen molar-refractivity contribution in [3.8, 4) is 11.4 Å². The first-order valence-corrected chi connectivity index (χ1v) is 11.4. The highest BCUT2D eigenvalue weighted by Gasteiger charge is 2.26. The number of morpholine rings is 1. The molecule has 9 nitrogen and oxygen atoms in total. The molecule has 1 aromatic carbocycles. The van der Waals surface area contributed by atoms with Crippen LogP contribution in [-0.4, -0.2) is 63.8 Å². The fourth-order valence-corrected chi connectivity index (χ4v) is 4.20. The van der Waals surface area contributed by atoms with Crippen LogP contribution in [0.2, 0.25) is 0 Å². The molecule has 4 heterocycles. The molecule has 0 radical (unpaired) electrons. The summed E-state index contributed by atoms with van der Waals surface area (Å²) in [5.74, 6) is 1.32. The third-order valence-corrected chi connectivity index (χ3v) is 6.03. The van der Waals surface area contributed by atoms with E-state index in [1.54, 1.807) is 24.3 Å². The van der Waals surface area contributed by atoms with E-state index < -0.39 is 0 Å². The lowest BCUT2D eigenvalue weighted by atomic mass is 10.2. The van der Waals surface area contributed by atoms with Crippen LogP contribution >= 0.6 is 0 Å². The molecule has 174 valence electrons. The number of imidazole rings is 1. The molecule has 9 heteroatoms. The predicted octanol–water partition coefficient (Wildman–Crippen LogP) is 3.33. The summed E-state index contributed by atoms with van der Waals surface area (Å²) in [4.78, 5) is 35.8. The highest BCUT2D eigenvalue weighted by molar-refractivity contribution is 6.05. The van der Waals surface area contributed by atoms with Crippen LogP contribution < -0.4 is 9.80 Å². The molecular formula is C25H27N7O2. The predicted molar refractivity (Wildman–Crippen MR) is 131 cm³/mol. The van der Waals surface area contributed by atoms with Gasteiger partial charge in [0.2, 0.25) is 5.82 Å². The summed E-state index contributed by atoms with van der Waals surface area (Å²) >= 11 is 0. The van der Waals surface area contributed by atoms with E-state index in [1.807, 2.05) is 54.8 Å². The summed E-state index contributed by atoms with van der Waals surface area (Å²) in [5, 5.41) is 0. The molecule has 0 atom stereocenters. The number of carbonyl (C=O) groups is 1. The van der Waals surface area contributed by atoms with Crippen molar-refractivity contribution in [2.75, 3.05) is 43.2 Å². The molecule has 0 saturated carbocycles. The third kappa shape index (κ3) is 3.99. The van der Waals surface area contributed by atoms with E-state index >= 15 is 0 Å². The van der Waals surface area contributed by atoms with Crippen LogP contribution in [0.1, 0.15) is 23.1 Å². The number of ether oxygens (including phenoxy) is 1. The lowest BCUT2D eigenvalue weighted by molar-refractivity contribution is 0.0983. The zero-order valence-electron chi connectivity index (χ0n) is 19.6. The average Bonchev–Trinajstić information content (AvgIpc) is 3.27. The molecule has 1 aliphatic rings. The number of carbonyl (C=O) groups excluding carboxylic acids is 1. The van der Waals surface area contributed by atoms with E-state index in [1.165, 1.54) is 0 Å². The van der Waals surface area contributed by atoms with Gasteiger partial charge in [0.1, 0.15) is 5.82 Å². The smallest absolute Gasteiger partial charge is 0.295 e. The van der Waals surface area contributed by atoms with Gasteiger partial charge in [-0.2, -0.15) is 0 Å². The van der Waals surface area contributed by atoms with E-state index in [0.29, 0.717) is 49.8 Å². The molecule has 0 unspecified atom stereocenters. The van der Waals surface area contributed by atoms with Gasteiger partial charge in [-0.3, -0.25) is 9.78 Å². The van der Waals surface area contributed by atoms with Crippen molar-refractivity contribution >= 4 is 28.6 Å². The Kier molecular flexibility index (Phi) is 5.93. The van der Waals surface area contributed by atoms with Gasteiger partial charge in [0.05, 0.1) is 13.2 Å². The fraction of sp³-hybridized carbons (Fsp3) is 0.320. The van der Waals surface area contributed by atoms with Crippen molar-refractivity contribution in [1.82, 2.24) is 24.5 Å². The second kappa shape index (κ2) is 9.18. The van der Waals surface area contributed by atoms with Gasteiger partial charge in [-0.1, -0.05) is 12.1 Å². The third-order valence-electron chi connectivity index (χ3n) is 6.03. The number of hydrogen-bond donors (Lipinski definition) is 0. The van der Waals surface area contributed by atoms with Crippen molar-refractivity contribution in [2.45, 2.75) is 20.4 Å². The lowest BCUT2D eigenvalue weighted by Crippen LogP contribution is -2.37. The number of aryl methyl sites for hydroxylation is 2. The first kappa shape index (κ1) is 22.0. The quantitative estimate of drug-likeness (QED) is 0.454. The Hall–Kier alpha value is -3.85. The van der Waals surface area contributed by atoms with Gasteiger partial charge in [-0.15, -0.1) is 0 Å². The molecular weight excluding hydrogens is 430 g/mol. The minimum Gasteiger partial charge on any atom is -0.378 e. The number of fused-ring (bicyclic) bond motifs is 1. The van der Waals surface area contributed by atoms with Gasteiger partial charge in [0.25, 0.3) is 5.91 Å². The van der Waals surface area contributed by atoms with E-state index in [2.05, 4.69) is 9.88 Å². The van der Waals surface area contributed by atoms with Crippen LogP contribution in [0.25, 0.3) is 22.6 Å². The summed E-state index contributed by atoms with van der Waals surface area (Å²) in [6.07, 6.45) is 3.49. The number of rotatable bonds is 5. The van der Waals surface area contributed by atoms with Crippen LogP contribution in [0.5, 0.6) is 0 Å². The first-order valence-electron chi connectivity index (χ1n) is 11.4. The maximum absolute atomic E-state index is 13.5. The number of hydrogen-bond acceptors (Lipinski definition) is 7. The van der Waals surface area contributed by atoms with Crippen molar-refractivity contribution in [3.63, 3.8) is 0 Å². The van der Waals surface area contributed by atoms with Crippen molar-refractivity contribution in [3.05, 3.63) is 60.2 Å². The van der Waals surface area contributed by atoms with Gasteiger partial charge in [-0.05, 0) is 43.7 Å². The Morgan fingerprint density at radius 2 is 1.85 bits per heavy atom. The molecule has 1 fully saturated rings. The zero-order chi connectivity index (χ0) is 23.7. The Bertz CT molecular complexity index is 1330. The molecule has 1 aliphatic heterocycles. The molecule has 34 heavy (non-hydrogen) atoms. The molecule has 3 aromatic heterocycles. The number of amides is 1. The monoisotopic (exact) mass is 457 g/mol. The van der Waals surface area contributed by atoms with Gasteiger partial charge < -0.3 is 19.1 Å². The largest absolute Gasteiger partial charge is 0.378 e. The molecule has 0 spiro atoms. The van der Waals surface area contributed by atoms with Crippen molar-refractivity contribution in [1.29, 1.82) is 0 Å². The molecule has 4 aromatic rings. The summed E-state index contributed by atoms with van der Waals surface area (Å²) in [6, 6.07) is 11.7. The Morgan fingerprint density at radius 1 is 1.09 bits per heavy atom. The zero-order valence-corrected chi connectivity index (χ0v) is 19.6. The topological polar surface area (TPSA) is 89.3 Å². The number of aromatic nitrogens is 5. The van der Waals surface area contributed by atoms with Crippen LogP contribution in [0.3, 0.4) is 0 Å². The van der Waals surface area contributed by atoms with Gasteiger partial charge >= 0.3 is 0 Å². The molecule has 0 bridgehead atoms. The van der Waals surface area contributed by atoms with Crippen LogP contribution in [-0.2, 0) is 11.3 Å². The number of benzene rings is 1. The second-order valence-corrected chi connectivity index (χ2v) is 8.26. The highest BCUT2D eigenvalue weighted by atomic mass is 16.5. The van der Waals surface area contributed by atoms with Crippen LogP contribution in [0.15, 0.2) is 48.8 Å². The molecule has 1 amide bonds. The fourth-order valence-electron chi connectivity index (χ4n) is 4.20. The average molecular weight is 458 g/mol. The van der Waals surface area contributed by atoms with Gasteiger partial charge in [-0.25, -0.2) is 15.0 Å².